The summed E-state index contributed by atoms with van der Waals surface area (Å²) in [5.74, 6) is -2.43. The molecule has 2 fully saturated rings. The first-order valence-corrected chi connectivity index (χ1v) is 13.5. The maximum atomic E-state index is 14.2. The van der Waals surface area contributed by atoms with Crippen LogP contribution in [0, 0.1) is 11.6 Å². The van der Waals surface area contributed by atoms with E-state index >= 15 is 0 Å². The number of imidazole rings is 1. The monoisotopic (exact) mass is 516 g/mol. The van der Waals surface area contributed by atoms with Gasteiger partial charge in [-0.15, -0.1) is 0 Å². The second-order valence-corrected chi connectivity index (χ2v) is 11.7. The topological polar surface area (TPSA) is 123 Å². The van der Waals surface area contributed by atoms with Crippen molar-refractivity contribution in [3.8, 4) is 11.4 Å². The molecule has 0 aromatic carbocycles. The maximum absolute atomic E-state index is 14.2. The van der Waals surface area contributed by atoms with Crippen molar-refractivity contribution < 1.29 is 27.1 Å². The van der Waals surface area contributed by atoms with E-state index in [9.17, 15) is 27.1 Å². The minimum absolute atomic E-state index is 0.0665. The zero-order chi connectivity index (χ0) is 25.4. The quantitative estimate of drug-likeness (QED) is 0.441. The number of hydrogen-bond donors (Lipinski definition) is 1. The fourth-order valence-corrected chi connectivity index (χ4v) is 6.14. The molecule has 6 heterocycles. The highest BCUT2D eigenvalue weighted by Crippen LogP contribution is 2.37. The van der Waals surface area contributed by atoms with Gasteiger partial charge in [0.25, 0.3) is 5.91 Å². The molecule has 6 rings (SSSR count). The van der Waals surface area contributed by atoms with E-state index in [2.05, 4.69) is 15.1 Å². The van der Waals surface area contributed by atoms with Crippen molar-refractivity contribution in [3.63, 3.8) is 0 Å². The third-order valence-electron chi connectivity index (χ3n) is 6.92. The van der Waals surface area contributed by atoms with Crippen molar-refractivity contribution in [2.75, 3.05) is 6.26 Å². The molecule has 0 aliphatic carbocycles. The Morgan fingerprint density at radius 1 is 1.14 bits per heavy atom. The molecule has 4 aromatic heterocycles. The number of piperidine rings is 1. The number of pyridine rings is 2. The lowest BCUT2D eigenvalue weighted by atomic mass is 9.99. The van der Waals surface area contributed by atoms with Crippen molar-refractivity contribution in [2.24, 2.45) is 0 Å². The average Bonchev–Trinajstić information content (AvgIpc) is 3.44. The van der Waals surface area contributed by atoms with Crippen molar-refractivity contribution >= 4 is 32.3 Å². The van der Waals surface area contributed by atoms with Crippen molar-refractivity contribution in [1.29, 1.82) is 0 Å². The smallest absolute Gasteiger partial charge is 0.273 e. The highest BCUT2D eigenvalue weighted by Gasteiger charge is 2.43. The van der Waals surface area contributed by atoms with E-state index in [4.69, 9.17) is 0 Å². The number of nitrogens with zero attached hydrogens (tertiary/aromatic N) is 6. The molecule has 2 bridgehead atoms. The minimum Gasteiger partial charge on any atom is -0.393 e. The third-order valence-corrected chi connectivity index (χ3v) is 7.64. The molecule has 36 heavy (non-hydrogen) atoms. The Bertz CT molecular complexity index is 1640. The van der Waals surface area contributed by atoms with E-state index in [1.165, 1.54) is 27.5 Å². The molecule has 2 atom stereocenters. The van der Waals surface area contributed by atoms with Crippen molar-refractivity contribution in [2.45, 2.75) is 49.7 Å². The Morgan fingerprint density at radius 3 is 2.56 bits per heavy atom. The van der Waals surface area contributed by atoms with Crippen LogP contribution in [0.1, 0.15) is 36.2 Å². The van der Waals surface area contributed by atoms with E-state index in [0.717, 1.165) is 31.4 Å². The number of amides is 1. The lowest BCUT2D eigenvalue weighted by Gasteiger charge is -2.37. The first-order valence-electron chi connectivity index (χ1n) is 11.5. The van der Waals surface area contributed by atoms with Crippen molar-refractivity contribution in [1.82, 2.24) is 29.0 Å². The van der Waals surface area contributed by atoms with Gasteiger partial charge in [-0.25, -0.2) is 26.9 Å². The van der Waals surface area contributed by atoms with E-state index in [1.54, 1.807) is 4.90 Å². The molecule has 10 nitrogen and oxygen atoms in total. The summed E-state index contributed by atoms with van der Waals surface area (Å²) in [6, 6.07) is 2.08. The van der Waals surface area contributed by atoms with Gasteiger partial charge in [0.1, 0.15) is 23.1 Å². The van der Waals surface area contributed by atoms with Gasteiger partial charge in [-0.2, -0.15) is 5.10 Å². The summed E-state index contributed by atoms with van der Waals surface area (Å²) in [5.41, 5.74) is 0.820. The minimum atomic E-state index is -3.53. The number of aliphatic hydroxyl groups excluding tert-OH is 1. The summed E-state index contributed by atoms with van der Waals surface area (Å²) >= 11 is 0. The van der Waals surface area contributed by atoms with Crippen molar-refractivity contribution in [3.05, 3.63) is 48.1 Å². The number of carbonyl (C=O) groups is 1. The Hall–Kier alpha value is -3.45. The first kappa shape index (κ1) is 23.0. The largest absolute Gasteiger partial charge is 0.393 e. The number of halogens is 2. The number of carbonyl (C=O) groups excluding carboxylic acids is 1. The summed E-state index contributed by atoms with van der Waals surface area (Å²) in [4.78, 5) is 23.6. The van der Waals surface area contributed by atoms with E-state index in [0.29, 0.717) is 23.7 Å². The van der Waals surface area contributed by atoms with Gasteiger partial charge in [0.05, 0.1) is 23.5 Å². The summed E-state index contributed by atoms with van der Waals surface area (Å²) in [7, 11) is -3.53. The number of aromatic nitrogens is 5. The van der Waals surface area contributed by atoms with Crippen LogP contribution in [-0.4, -0.2) is 72.9 Å². The summed E-state index contributed by atoms with van der Waals surface area (Å²) < 4.78 is 54.9. The summed E-state index contributed by atoms with van der Waals surface area (Å²) in [5, 5.41) is 14.9. The molecule has 0 saturated carbocycles. The molecule has 4 aromatic rings. The molecular weight excluding hydrogens is 494 g/mol. The maximum Gasteiger partial charge on any atom is 0.273 e. The van der Waals surface area contributed by atoms with Gasteiger partial charge in [-0.05, 0) is 31.7 Å². The molecule has 0 spiro atoms. The standard InChI is InChI=1S/C23H22F2N6O4S/c1-36(34,35)11-30-19-7-18(23(33)31-13-2-3-14(31)6-15(32)5-13)26-8-16(19)21(28-30)20-9-27-22-17(25)4-12(24)10-29(20)22/h4,7-10,13-15,32H,2-3,5-6,11H2,1H3. The van der Waals surface area contributed by atoms with Crippen LogP contribution < -0.4 is 0 Å². The predicted octanol–water partition coefficient (Wildman–Crippen LogP) is 2.15. The normalized spacial score (nSPS) is 22.1. The van der Waals surface area contributed by atoms with E-state index in [-0.39, 0.29) is 40.7 Å². The molecular formula is C23H22F2N6O4S. The van der Waals surface area contributed by atoms with Crippen LogP contribution in [-0.2, 0) is 15.7 Å². The number of hydrogen-bond acceptors (Lipinski definition) is 7. The molecule has 0 radical (unpaired) electrons. The molecule has 188 valence electrons. The van der Waals surface area contributed by atoms with E-state index < -0.39 is 33.5 Å². The Morgan fingerprint density at radius 2 is 1.86 bits per heavy atom. The van der Waals surface area contributed by atoms with Crippen LogP contribution in [0.15, 0.2) is 30.7 Å². The number of sulfone groups is 1. The van der Waals surface area contributed by atoms with Crippen LogP contribution >= 0.6 is 0 Å². The Kier molecular flexibility index (Phi) is 5.13. The lowest BCUT2D eigenvalue weighted by Crippen LogP contribution is -2.48. The zero-order valence-electron chi connectivity index (χ0n) is 19.2. The van der Waals surface area contributed by atoms with Crippen LogP contribution in [0.5, 0.6) is 0 Å². The highest BCUT2D eigenvalue weighted by molar-refractivity contribution is 7.89. The Labute approximate surface area is 204 Å². The van der Waals surface area contributed by atoms with Gasteiger partial charge in [0.15, 0.2) is 21.3 Å². The molecule has 2 saturated heterocycles. The number of rotatable bonds is 4. The summed E-state index contributed by atoms with van der Waals surface area (Å²) in [6.45, 7) is 0. The fraction of sp³-hybridized carbons (Fsp3) is 0.391. The van der Waals surface area contributed by atoms with Gasteiger partial charge in [0, 0.05) is 42.2 Å². The second kappa shape index (κ2) is 8.03. The van der Waals surface area contributed by atoms with Gasteiger partial charge >= 0.3 is 0 Å². The average molecular weight is 517 g/mol. The van der Waals surface area contributed by atoms with Crippen LogP contribution in [0.2, 0.25) is 0 Å². The summed E-state index contributed by atoms with van der Waals surface area (Å²) in [6.07, 6.45) is 7.09. The number of aliphatic hydroxyl groups is 1. The molecule has 1 amide bonds. The second-order valence-electron chi connectivity index (χ2n) is 9.56. The lowest BCUT2D eigenvalue weighted by molar-refractivity contribution is 0.0282. The highest BCUT2D eigenvalue weighted by atomic mass is 32.2. The van der Waals surface area contributed by atoms with Gasteiger partial charge in [0.2, 0.25) is 0 Å². The molecule has 1 N–H and O–H groups in total. The van der Waals surface area contributed by atoms with Crippen LogP contribution in [0.4, 0.5) is 8.78 Å². The molecule has 2 aliphatic rings. The SMILES string of the molecule is CS(=O)(=O)Cn1nc(-c2cnc3c(F)cc(F)cn23)c2cnc(C(=O)N3C4CCC3CC(O)C4)cc21. The van der Waals surface area contributed by atoms with Gasteiger partial charge < -0.3 is 10.0 Å². The Balaban J connectivity index is 1.49. The third kappa shape index (κ3) is 3.73. The molecule has 13 heteroatoms. The predicted molar refractivity (Wildman–Crippen MR) is 125 cm³/mol. The van der Waals surface area contributed by atoms with Gasteiger partial charge in [-0.3, -0.25) is 14.2 Å². The van der Waals surface area contributed by atoms with Crippen LogP contribution in [0.25, 0.3) is 27.9 Å². The van der Waals surface area contributed by atoms with Crippen LogP contribution in [0.3, 0.4) is 0 Å². The first-order chi connectivity index (χ1) is 17.1. The van der Waals surface area contributed by atoms with E-state index in [1.807, 2.05) is 0 Å². The van der Waals surface area contributed by atoms with Gasteiger partial charge in [-0.1, -0.05) is 0 Å². The zero-order valence-corrected chi connectivity index (χ0v) is 20.0. The molecule has 2 unspecified atom stereocenters. The number of fused-ring (bicyclic) bond motifs is 4. The fourth-order valence-electron chi connectivity index (χ4n) is 5.50. The molecule has 2 aliphatic heterocycles.